The van der Waals surface area contributed by atoms with Crippen LogP contribution < -0.4 is 14.2 Å². The van der Waals surface area contributed by atoms with E-state index in [9.17, 15) is 14.0 Å². The molecule has 6 nitrogen and oxygen atoms in total. The molecule has 1 fully saturated rings. The van der Waals surface area contributed by atoms with E-state index in [-0.39, 0.29) is 17.0 Å². The minimum absolute atomic E-state index is 0.127. The van der Waals surface area contributed by atoms with Crippen LogP contribution in [0.25, 0.3) is 6.08 Å². The van der Waals surface area contributed by atoms with Crippen molar-refractivity contribution in [3.8, 4) is 17.2 Å². The van der Waals surface area contributed by atoms with Crippen LogP contribution in [0.2, 0.25) is 0 Å². The number of carbonyl (C=O) groups is 2. The molecular weight excluding hydrogens is 385 g/mol. The molecule has 1 aliphatic rings. The highest BCUT2D eigenvalue weighted by molar-refractivity contribution is 8.18. The Bertz CT molecular complexity index is 960. The first-order chi connectivity index (χ1) is 13.5. The van der Waals surface area contributed by atoms with Gasteiger partial charge in [-0.05, 0) is 30.0 Å². The average molecular weight is 403 g/mol. The Kier molecular flexibility index (Phi) is 5.89. The number of halogens is 1. The third kappa shape index (κ3) is 3.82. The predicted molar refractivity (Wildman–Crippen MR) is 104 cm³/mol. The number of amides is 2. The van der Waals surface area contributed by atoms with Gasteiger partial charge in [0.1, 0.15) is 11.6 Å². The largest absolute Gasteiger partial charge is 0.496 e. The monoisotopic (exact) mass is 403 g/mol. The van der Waals surface area contributed by atoms with Gasteiger partial charge in [0.2, 0.25) is 0 Å². The molecule has 0 aromatic heterocycles. The Hall–Kier alpha value is -3.00. The first-order valence-corrected chi connectivity index (χ1v) is 9.09. The van der Waals surface area contributed by atoms with Gasteiger partial charge in [-0.25, -0.2) is 4.39 Å². The molecule has 0 aliphatic carbocycles. The second kappa shape index (κ2) is 8.35. The number of methoxy groups -OCH3 is 3. The summed E-state index contributed by atoms with van der Waals surface area (Å²) in [5, 5.41) is -0.459. The lowest BCUT2D eigenvalue weighted by molar-refractivity contribution is -0.123. The van der Waals surface area contributed by atoms with Crippen molar-refractivity contribution < 1.29 is 28.2 Å². The number of ether oxygens (including phenoxy) is 3. The van der Waals surface area contributed by atoms with Gasteiger partial charge in [-0.15, -0.1) is 0 Å². The van der Waals surface area contributed by atoms with Crippen LogP contribution in [0.3, 0.4) is 0 Å². The fourth-order valence-electron chi connectivity index (χ4n) is 2.74. The third-order valence-corrected chi connectivity index (χ3v) is 5.09. The van der Waals surface area contributed by atoms with Crippen LogP contribution in [0.5, 0.6) is 17.2 Å². The van der Waals surface area contributed by atoms with Crippen molar-refractivity contribution in [2.45, 2.75) is 6.54 Å². The molecule has 1 saturated heterocycles. The zero-order chi connectivity index (χ0) is 20.3. The maximum atomic E-state index is 13.9. The van der Waals surface area contributed by atoms with Crippen molar-refractivity contribution in [2.24, 2.45) is 0 Å². The number of imide groups is 1. The quantitative estimate of drug-likeness (QED) is 0.677. The number of rotatable bonds is 6. The molecule has 3 rings (SSSR count). The molecule has 0 spiro atoms. The van der Waals surface area contributed by atoms with Crippen molar-refractivity contribution in [3.63, 3.8) is 0 Å². The Morgan fingerprint density at radius 3 is 2.29 bits per heavy atom. The van der Waals surface area contributed by atoms with Gasteiger partial charge in [0.05, 0.1) is 32.8 Å². The van der Waals surface area contributed by atoms with Crippen LogP contribution in [0.1, 0.15) is 11.1 Å². The summed E-state index contributed by atoms with van der Waals surface area (Å²) in [7, 11) is 4.49. The summed E-state index contributed by atoms with van der Waals surface area (Å²) in [4.78, 5) is 26.2. The average Bonchev–Trinajstić information content (AvgIpc) is 2.96. The Labute approximate surface area is 165 Å². The van der Waals surface area contributed by atoms with Crippen molar-refractivity contribution in [3.05, 3.63) is 58.2 Å². The minimum atomic E-state index is -0.491. The van der Waals surface area contributed by atoms with E-state index >= 15 is 0 Å². The summed E-state index contributed by atoms with van der Waals surface area (Å²) in [5.41, 5.74) is 0.825. The molecular formula is C20H18FNO5S. The third-order valence-electron chi connectivity index (χ3n) is 4.18. The smallest absolute Gasteiger partial charge is 0.293 e. The summed E-state index contributed by atoms with van der Waals surface area (Å²) < 4.78 is 29.8. The number of hydrogen-bond donors (Lipinski definition) is 0. The van der Waals surface area contributed by atoms with E-state index in [0.717, 1.165) is 16.7 Å². The fraction of sp³-hybridized carbons (Fsp3) is 0.200. The van der Waals surface area contributed by atoms with Crippen molar-refractivity contribution in [1.82, 2.24) is 4.90 Å². The Balaban J connectivity index is 1.92. The van der Waals surface area contributed by atoms with Crippen LogP contribution in [-0.2, 0) is 11.3 Å². The normalized spacial score (nSPS) is 15.3. The van der Waals surface area contributed by atoms with Gasteiger partial charge in [0.25, 0.3) is 11.1 Å². The van der Waals surface area contributed by atoms with Gasteiger partial charge >= 0.3 is 0 Å². The molecule has 1 aliphatic heterocycles. The molecule has 28 heavy (non-hydrogen) atoms. The molecule has 146 valence electrons. The fourth-order valence-corrected chi connectivity index (χ4v) is 3.57. The first-order valence-electron chi connectivity index (χ1n) is 8.27. The van der Waals surface area contributed by atoms with Gasteiger partial charge in [-0.3, -0.25) is 14.5 Å². The molecule has 8 heteroatoms. The van der Waals surface area contributed by atoms with Crippen molar-refractivity contribution >= 4 is 29.0 Å². The van der Waals surface area contributed by atoms with Gasteiger partial charge in [-0.1, -0.05) is 18.2 Å². The van der Waals surface area contributed by atoms with Crippen LogP contribution in [-0.4, -0.2) is 37.4 Å². The molecule has 0 N–H and O–H groups in total. The summed E-state index contributed by atoms with van der Waals surface area (Å²) in [5.74, 6) is 0.435. The maximum Gasteiger partial charge on any atom is 0.293 e. The highest BCUT2D eigenvalue weighted by atomic mass is 32.2. The van der Waals surface area contributed by atoms with E-state index < -0.39 is 17.0 Å². The van der Waals surface area contributed by atoms with E-state index in [0.29, 0.717) is 22.8 Å². The SMILES string of the molecule is COc1cc(OC)c(OC)cc1/C=C1\SC(=O)N(Cc2ccccc2F)C1=O. The second-order valence-electron chi connectivity index (χ2n) is 5.81. The van der Waals surface area contributed by atoms with E-state index in [1.165, 1.54) is 27.4 Å². The molecule has 2 amide bonds. The molecule has 1 heterocycles. The van der Waals surface area contributed by atoms with Gasteiger partial charge in [0.15, 0.2) is 11.5 Å². The number of benzene rings is 2. The van der Waals surface area contributed by atoms with Crippen LogP contribution in [0.15, 0.2) is 41.3 Å². The topological polar surface area (TPSA) is 65.1 Å². The van der Waals surface area contributed by atoms with Crippen LogP contribution in [0.4, 0.5) is 9.18 Å². The lowest BCUT2D eigenvalue weighted by Crippen LogP contribution is -2.27. The van der Waals surface area contributed by atoms with Crippen LogP contribution in [0, 0.1) is 5.82 Å². The summed E-state index contributed by atoms with van der Waals surface area (Å²) in [6.45, 7) is -0.127. The summed E-state index contributed by atoms with van der Waals surface area (Å²) in [6, 6.07) is 9.33. The molecule has 2 aromatic carbocycles. The number of nitrogens with zero attached hydrogens (tertiary/aromatic N) is 1. The first kappa shape index (κ1) is 19.8. The van der Waals surface area contributed by atoms with Crippen molar-refractivity contribution in [2.75, 3.05) is 21.3 Å². The van der Waals surface area contributed by atoms with E-state index in [1.807, 2.05) is 0 Å². The lowest BCUT2D eigenvalue weighted by atomic mass is 10.1. The van der Waals surface area contributed by atoms with E-state index in [2.05, 4.69) is 0 Å². The maximum absolute atomic E-state index is 13.9. The number of carbonyl (C=O) groups excluding carboxylic acids is 2. The van der Waals surface area contributed by atoms with E-state index in [1.54, 1.807) is 36.4 Å². The molecule has 0 bridgehead atoms. The highest BCUT2D eigenvalue weighted by Crippen LogP contribution is 2.39. The predicted octanol–water partition coefficient (Wildman–Crippen LogP) is 4.09. The lowest BCUT2D eigenvalue weighted by Gasteiger charge is -2.13. The molecule has 0 radical (unpaired) electrons. The standard InChI is InChI=1S/C20H18FNO5S/c1-25-15-10-17(27-3)16(26-2)8-13(15)9-18-19(23)22(20(24)28-18)11-12-6-4-5-7-14(12)21/h4-10H,11H2,1-3H3/b18-9-. The molecule has 2 aromatic rings. The Morgan fingerprint density at radius 2 is 1.64 bits per heavy atom. The second-order valence-corrected chi connectivity index (χ2v) is 6.80. The summed E-state index contributed by atoms with van der Waals surface area (Å²) >= 11 is 0.793. The van der Waals surface area contributed by atoms with Gasteiger partial charge < -0.3 is 14.2 Å². The zero-order valence-corrected chi connectivity index (χ0v) is 16.3. The molecule has 0 unspecified atom stereocenters. The van der Waals surface area contributed by atoms with E-state index in [4.69, 9.17) is 14.2 Å². The molecule has 0 atom stereocenters. The Morgan fingerprint density at radius 1 is 1.00 bits per heavy atom. The van der Waals surface area contributed by atoms with Gasteiger partial charge in [0, 0.05) is 17.2 Å². The van der Waals surface area contributed by atoms with Gasteiger partial charge in [-0.2, -0.15) is 0 Å². The highest BCUT2D eigenvalue weighted by Gasteiger charge is 2.35. The zero-order valence-electron chi connectivity index (χ0n) is 15.5. The number of hydrogen-bond acceptors (Lipinski definition) is 6. The van der Waals surface area contributed by atoms with Crippen molar-refractivity contribution in [1.29, 1.82) is 0 Å². The molecule has 0 saturated carbocycles. The van der Waals surface area contributed by atoms with Crippen LogP contribution >= 0.6 is 11.8 Å². The summed E-state index contributed by atoms with van der Waals surface area (Å²) in [6.07, 6.45) is 1.55. The minimum Gasteiger partial charge on any atom is -0.496 e. The number of thioether (sulfide) groups is 1.